The third-order valence-electron chi connectivity index (χ3n) is 4.32. The summed E-state index contributed by atoms with van der Waals surface area (Å²) >= 11 is 0. The first-order valence-electron chi connectivity index (χ1n) is 7.57. The number of aromatic nitrogens is 2. The van der Waals surface area contributed by atoms with Crippen LogP contribution in [0.4, 0.5) is 0 Å². The van der Waals surface area contributed by atoms with Crippen molar-refractivity contribution >= 4 is 0 Å². The highest BCUT2D eigenvalue weighted by Crippen LogP contribution is 2.25. The molecule has 1 atom stereocenters. The number of rotatable bonds is 4. The highest BCUT2D eigenvalue weighted by molar-refractivity contribution is 4.96. The summed E-state index contributed by atoms with van der Waals surface area (Å²) in [5.41, 5.74) is 6.43. The second-order valence-electron chi connectivity index (χ2n) is 5.60. The van der Waals surface area contributed by atoms with Gasteiger partial charge >= 0.3 is 0 Å². The molecule has 0 amide bonds. The summed E-state index contributed by atoms with van der Waals surface area (Å²) < 4.78 is 2.21. The second kappa shape index (κ2) is 6.93. The predicted molar refractivity (Wildman–Crippen MR) is 75.4 cm³/mol. The number of nitrogens with two attached hydrogens (primary N) is 1. The second-order valence-corrected chi connectivity index (χ2v) is 5.60. The van der Waals surface area contributed by atoms with E-state index >= 15 is 0 Å². The molecule has 1 aliphatic carbocycles. The van der Waals surface area contributed by atoms with Gasteiger partial charge in [0.1, 0.15) is 5.82 Å². The van der Waals surface area contributed by atoms with E-state index in [0.717, 1.165) is 18.8 Å². The van der Waals surface area contributed by atoms with E-state index in [9.17, 15) is 0 Å². The maximum atomic E-state index is 6.43. The first-order chi connectivity index (χ1) is 8.81. The Morgan fingerprint density at radius 3 is 2.61 bits per heavy atom. The van der Waals surface area contributed by atoms with Crippen molar-refractivity contribution in [3.63, 3.8) is 0 Å². The third kappa shape index (κ3) is 3.58. The van der Waals surface area contributed by atoms with Crippen molar-refractivity contribution in [2.75, 3.05) is 0 Å². The molecular weight excluding hydrogens is 222 g/mol. The highest BCUT2D eigenvalue weighted by Gasteiger charge is 2.20. The van der Waals surface area contributed by atoms with E-state index in [0.29, 0.717) is 5.92 Å². The van der Waals surface area contributed by atoms with Crippen LogP contribution < -0.4 is 5.73 Å². The molecule has 102 valence electrons. The van der Waals surface area contributed by atoms with Gasteiger partial charge in [-0.15, -0.1) is 0 Å². The number of nitrogens with zero attached hydrogens (tertiary/aromatic N) is 2. The molecule has 2 rings (SSSR count). The van der Waals surface area contributed by atoms with Gasteiger partial charge in [-0.25, -0.2) is 4.98 Å². The fourth-order valence-electron chi connectivity index (χ4n) is 3.11. The average molecular weight is 249 g/mol. The first kappa shape index (κ1) is 13.6. The van der Waals surface area contributed by atoms with Crippen LogP contribution in [0.3, 0.4) is 0 Å². The molecule has 1 fully saturated rings. The Bertz CT molecular complexity index is 337. The number of imidazole rings is 1. The molecule has 0 aliphatic heterocycles. The lowest BCUT2D eigenvalue weighted by atomic mass is 9.85. The third-order valence-corrected chi connectivity index (χ3v) is 4.32. The van der Waals surface area contributed by atoms with Crippen molar-refractivity contribution < 1.29 is 0 Å². The van der Waals surface area contributed by atoms with Crippen molar-refractivity contribution in [3.05, 3.63) is 18.2 Å². The van der Waals surface area contributed by atoms with E-state index in [4.69, 9.17) is 5.73 Å². The summed E-state index contributed by atoms with van der Waals surface area (Å²) in [5.74, 6) is 1.86. The van der Waals surface area contributed by atoms with E-state index in [2.05, 4.69) is 22.7 Å². The quantitative estimate of drug-likeness (QED) is 0.891. The van der Waals surface area contributed by atoms with Crippen molar-refractivity contribution in [3.8, 4) is 0 Å². The molecule has 1 heterocycles. The lowest BCUT2D eigenvalue weighted by molar-refractivity contribution is 0.318. The van der Waals surface area contributed by atoms with Gasteiger partial charge in [-0.05, 0) is 25.7 Å². The van der Waals surface area contributed by atoms with Crippen LogP contribution >= 0.6 is 0 Å². The molecule has 2 N–H and O–H groups in total. The molecule has 1 aliphatic rings. The standard InChI is InChI=1S/C15H27N3/c1-2-18-11-10-17-15(18)12-14(16)13-8-6-4-3-5-7-9-13/h10-11,13-14H,2-9,12,16H2,1H3. The van der Waals surface area contributed by atoms with Gasteiger partial charge < -0.3 is 10.3 Å². The van der Waals surface area contributed by atoms with E-state index < -0.39 is 0 Å². The molecule has 1 aromatic rings. The summed E-state index contributed by atoms with van der Waals surface area (Å²) in [5, 5.41) is 0. The number of hydrogen-bond donors (Lipinski definition) is 1. The largest absolute Gasteiger partial charge is 0.335 e. The zero-order valence-electron chi connectivity index (χ0n) is 11.6. The van der Waals surface area contributed by atoms with Gasteiger partial charge in [-0.2, -0.15) is 0 Å². The maximum Gasteiger partial charge on any atom is 0.110 e. The minimum Gasteiger partial charge on any atom is -0.335 e. The van der Waals surface area contributed by atoms with Crippen molar-refractivity contribution in [1.29, 1.82) is 0 Å². The van der Waals surface area contributed by atoms with Crippen molar-refractivity contribution in [2.45, 2.75) is 70.9 Å². The van der Waals surface area contributed by atoms with E-state index in [1.165, 1.54) is 44.9 Å². The summed E-state index contributed by atoms with van der Waals surface area (Å²) in [4.78, 5) is 4.45. The van der Waals surface area contributed by atoms with Crippen LogP contribution in [0, 0.1) is 5.92 Å². The average Bonchev–Trinajstić information content (AvgIpc) is 2.75. The first-order valence-corrected chi connectivity index (χ1v) is 7.57. The molecule has 1 aromatic heterocycles. The van der Waals surface area contributed by atoms with E-state index in [-0.39, 0.29) is 6.04 Å². The summed E-state index contributed by atoms with van der Waals surface area (Å²) in [7, 11) is 0. The van der Waals surface area contributed by atoms with Gasteiger partial charge in [0.15, 0.2) is 0 Å². The molecule has 3 nitrogen and oxygen atoms in total. The molecule has 1 saturated carbocycles. The molecular formula is C15H27N3. The Labute approximate surface area is 111 Å². The number of aryl methyl sites for hydroxylation is 1. The van der Waals surface area contributed by atoms with Crippen LogP contribution in [0.1, 0.15) is 57.7 Å². The van der Waals surface area contributed by atoms with Crippen LogP contribution in [0.2, 0.25) is 0 Å². The Morgan fingerprint density at radius 2 is 1.94 bits per heavy atom. The molecule has 0 bridgehead atoms. The van der Waals surface area contributed by atoms with Gasteiger partial charge in [0.05, 0.1) is 0 Å². The Morgan fingerprint density at radius 1 is 1.28 bits per heavy atom. The van der Waals surface area contributed by atoms with Gasteiger partial charge in [0.25, 0.3) is 0 Å². The molecule has 0 saturated heterocycles. The minimum atomic E-state index is 0.288. The van der Waals surface area contributed by atoms with Crippen molar-refractivity contribution in [1.82, 2.24) is 9.55 Å². The zero-order chi connectivity index (χ0) is 12.8. The summed E-state index contributed by atoms with van der Waals surface area (Å²) in [6.07, 6.45) is 14.4. The van der Waals surface area contributed by atoms with Crippen LogP contribution in [0.15, 0.2) is 12.4 Å². The lowest BCUT2D eigenvalue weighted by Gasteiger charge is -2.25. The fourth-order valence-corrected chi connectivity index (χ4v) is 3.11. The van der Waals surface area contributed by atoms with Crippen molar-refractivity contribution in [2.24, 2.45) is 11.7 Å². The molecule has 0 spiro atoms. The fraction of sp³-hybridized carbons (Fsp3) is 0.800. The van der Waals surface area contributed by atoms with Crippen LogP contribution in [-0.4, -0.2) is 15.6 Å². The topological polar surface area (TPSA) is 43.8 Å². The SMILES string of the molecule is CCn1ccnc1CC(N)C1CCCCCCC1. The smallest absolute Gasteiger partial charge is 0.110 e. The monoisotopic (exact) mass is 249 g/mol. The van der Waals surface area contributed by atoms with Gasteiger partial charge in [-0.1, -0.05) is 32.1 Å². The van der Waals surface area contributed by atoms with E-state index in [1.807, 2.05) is 6.20 Å². The zero-order valence-corrected chi connectivity index (χ0v) is 11.6. The maximum absolute atomic E-state index is 6.43. The summed E-state index contributed by atoms with van der Waals surface area (Å²) in [6, 6.07) is 0.288. The Kier molecular flexibility index (Phi) is 5.24. The van der Waals surface area contributed by atoms with Crippen LogP contribution in [0.25, 0.3) is 0 Å². The lowest BCUT2D eigenvalue weighted by Crippen LogP contribution is -2.33. The minimum absolute atomic E-state index is 0.288. The van der Waals surface area contributed by atoms with E-state index in [1.54, 1.807) is 0 Å². The van der Waals surface area contributed by atoms with Gasteiger partial charge in [-0.3, -0.25) is 0 Å². The summed E-state index contributed by atoms with van der Waals surface area (Å²) in [6.45, 7) is 3.15. The molecule has 3 heteroatoms. The Balaban J connectivity index is 1.91. The number of hydrogen-bond acceptors (Lipinski definition) is 2. The molecule has 0 aromatic carbocycles. The predicted octanol–water partition coefficient (Wildman–Crippen LogP) is 3.13. The highest BCUT2D eigenvalue weighted by atomic mass is 15.1. The molecule has 0 radical (unpaired) electrons. The molecule has 18 heavy (non-hydrogen) atoms. The normalized spacial score (nSPS) is 20.3. The van der Waals surface area contributed by atoms with Gasteiger partial charge in [0, 0.05) is 31.4 Å². The molecule has 1 unspecified atom stereocenters. The van der Waals surface area contributed by atoms with Crippen LogP contribution in [0.5, 0.6) is 0 Å². The van der Waals surface area contributed by atoms with Crippen LogP contribution in [-0.2, 0) is 13.0 Å². The Hall–Kier alpha value is -0.830. The van der Waals surface area contributed by atoms with Gasteiger partial charge in [0.2, 0.25) is 0 Å².